The van der Waals surface area contributed by atoms with E-state index in [0.29, 0.717) is 10.6 Å². The zero-order valence-corrected chi connectivity index (χ0v) is 18.9. The first-order valence-corrected chi connectivity index (χ1v) is 12.0. The number of imide groups is 1. The number of anilines is 1. The molecule has 0 radical (unpaired) electrons. The third kappa shape index (κ3) is 2.67. The number of hydrogen-bond donors (Lipinski definition) is 0. The molecule has 0 N–H and O–H groups in total. The molecule has 0 spiro atoms. The van der Waals surface area contributed by atoms with Gasteiger partial charge in [-0.2, -0.15) is 0 Å². The Kier molecular flexibility index (Phi) is 4.11. The number of nitrogens with zero attached hydrogens (tertiary/aromatic N) is 4. The summed E-state index contributed by atoms with van der Waals surface area (Å²) in [7, 11) is 0. The van der Waals surface area contributed by atoms with E-state index in [-0.39, 0.29) is 34.5 Å². The van der Waals surface area contributed by atoms with Gasteiger partial charge in [-0.15, -0.1) is 10.2 Å². The van der Waals surface area contributed by atoms with Gasteiger partial charge in [-0.05, 0) is 22.3 Å². The van der Waals surface area contributed by atoms with E-state index in [9.17, 15) is 19.7 Å². The van der Waals surface area contributed by atoms with E-state index in [1.54, 1.807) is 12.1 Å². The minimum atomic E-state index is -0.498. The highest BCUT2D eigenvalue weighted by Gasteiger charge is 2.62. The predicted octanol–water partition coefficient (Wildman–Crippen LogP) is 4.51. The van der Waals surface area contributed by atoms with Gasteiger partial charge in [0.1, 0.15) is 5.01 Å². The van der Waals surface area contributed by atoms with Crippen LogP contribution in [0.25, 0.3) is 10.6 Å². The molecule has 0 saturated carbocycles. The second-order valence-electron chi connectivity index (χ2n) is 8.97. The van der Waals surface area contributed by atoms with Crippen molar-refractivity contribution in [1.82, 2.24) is 10.2 Å². The van der Waals surface area contributed by atoms with Crippen molar-refractivity contribution in [2.24, 2.45) is 11.8 Å². The second-order valence-corrected chi connectivity index (χ2v) is 9.93. The zero-order valence-electron chi connectivity index (χ0n) is 18.1. The summed E-state index contributed by atoms with van der Waals surface area (Å²) in [6.45, 7) is 0. The molecular formula is C26H16N4O4S. The van der Waals surface area contributed by atoms with E-state index < -0.39 is 16.8 Å². The number of non-ortho nitro benzene ring substituents is 1. The van der Waals surface area contributed by atoms with Crippen LogP contribution in [0.1, 0.15) is 34.1 Å². The molecule has 2 heterocycles. The van der Waals surface area contributed by atoms with Crippen LogP contribution in [-0.2, 0) is 9.59 Å². The summed E-state index contributed by atoms with van der Waals surface area (Å²) in [6.07, 6.45) is 0. The SMILES string of the molecule is O=C1[C@@H]2C3c4ccccc4C(c4ccccc43)[C@@H]2C(=O)N1c1nnc(-c2cccc([N+](=O)[O-])c2)s1. The standard InChI is InChI=1S/C26H16N4O4S/c31-24-21-19-15-8-1-2-9-16(15)20(18-11-4-3-10-17(18)19)22(21)25(32)29(24)26-28-27-23(35-26)13-6-5-7-14(12-13)30(33)34/h1-12,19-22H/t19?,20?,21-,22+. The molecule has 1 aliphatic heterocycles. The number of carbonyl (C=O) groups excluding carboxylic acids is 2. The van der Waals surface area contributed by atoms with Gasteiger partial charge in [0.25, 0.3) is 5.69 Å². The maximum atomic E-state index is 13.8. The number of nitro benzene ring substituents is 1. The van der Waals surface area contributed by atoms with E-state index in [2.05, 4.69) is 34.5 Å². The molecular weight excluding hydrogens is 464 g/mol. The third-order valence-electron chi connectivity index (χ3n) is 7.36. The number of rotatable bonds is 3. The van der Waals surface area contributed by atoms with Crippen molar-refractivity contribution in [1.29, 1.82) is 0 Å². The molecule has 2 amide bonds. The lowest BCUT2D eigenvalue weighted by molar-refractivity contribution is -0.384. The molecule has 0 unspecified atom stereocenters. The number of hydrogen-bond acceptors (Lipinski definition) is 7. The normalized spacial score (nSPS) is 23.7. The number of carbonyl (C=O) groups is 2. The molecule has 1 saturated heterocycles. The fourth-order valence-corrected chi connectivity index (χ4v) is 6.89. The Bertz CT molecular complexity index is 1470. The van der Waals surface area contributed by atoms with Gasteiger partial charge in [0.05, 0.1) is 16.8 Å². The van der Waals surface area contributed by atoms with Crippen molar-refractivity contribution >= 4 is 34.0 Å². The lowest BCUT2D eigenvalue weighted by Crippen LogP contribution is -2.41. The molecule has 35 heavy (non-hydrogen) atoms. The number of nitro groups is 1. The van der Waals surface area contributed by atoms with Gasteiger partial charge in [-0.25, -0.2) is 4.90 Å². The average molecular weight is 481 g/mol. The molecule has 8 nitrogen and oxygen atoms in total. The summed E-state index contributed by atoms with van der Waals surface area (Å²) < 4.78 is 0. The molecule has 3 aromatic carbocycles. The molecule has 1 aromatic heterocycles. The summed E-state index contributed by atoms with van der Waals surface area (Å²) in [6, 6.07) is 22.2. The quantitative estimate of drug-likeness (QED) is 0.243. The van der Waals surface area contributed by atoms with E-state index in [4.69, 9.17) is 0 Å². The van der Waals surface area contributed by atoms with Crippen molar-refractivity contribution in [2.75, 3.05) is 4.90 Å². The summed E-state index contributed by atoms with van der Waals surface area (Å²) in [5.74, 6) is -1.91. The number of aromatic nitrogens is 2. The fourth-order valence-electron chi connectivity index (χ4n) is 6.04. The summed E-state index contributed by atoms with van der Waals surface area (Å²) in [4.78, 5) is 39.5. The molecule has 9 heteroatoms. The van der Waals surface area contributed by atoms with Crippen molar-refractivity contribution in [3.8, 4) is 10.6 Å². The lowest BCUT2D eigenvalue weighted by atomic mass is 9.55. The first-order chi connectivity index (χ1) is 17.0. The van der Waals surface area contributed by atoms with E-state index in [1.807, 2.05) is 24.3 Å². The Morgan fingerprint density at radius 3 is 1.83 bits per heavy atom. The van der Waals surface area contributed by atoms with Crippen LogP contribution >= 0.6 is 11.3 Å². The number of amides is 2. The van der Waals surface area contributed by atoms with Crippen molar-refractivity contribution in [3.63, 3.8) is 0 Å². The van der Waals surface area contributed by atoms with E-state index in [0.717, 1.165) is 33.6 Å². The van der Waals surface area contributed by atoms with Crippen molar-refractivity contribution in [2.45, 2.75) is 11.8 Å². The third-order valence-corrected chi connectivity index (χ3v) is 8.32. The molecule has 3 aliphatic carbocycles. The highest BCUT2D eigenvalue weighted by Crippen LogP contribution is 2.61. The first kappa shape index (κ1) is 20.2. The zero-order chi connectivity index (χ0) is 23.8. The van der Waals surface area contributed by atoms with Crippen molar-refractivity contribution < 1.29 is 14.5 Å². The maximum absolute atomic E-state index is 13.8. The Morgan fingerprint density at radius 1 is 0.771 bits per heavy atom. The molecule has 4 aliphatic rings. The smallest absolute Gasteiger partial charge is 0.270 e. The van der Waals surface area contributed by atoms with Gasteiger partial charge < -0.3 is 0 Å². The largest absolute Gasteiger partial charge is 0.274 e. The Labute approximate surface area is 203 Å². The molecule has 8 rings (SSSR count). The molecule has 170 valence electrons. The van der Waals surface area contributed by atoms with Crippen LogP contribution in [0.4, 0.5) is 10.8 Å². The average Bonchev–Trinajstić information content (AvgIpc) is 3.47. The lowest BCUT2D eigenvalue weighted by Gasteiger charge is -2.45. The Hall–Kier alpha value is -4.24. The summed E-state index contributed by atoms with van der Waals surface area (Å²) >= 11 is 1.09. The van der Waals surface area contributed by atoms with Gasteiger partial charge in [-0.3, -0.25) is 19.7 Å². The fraction of sp³-hybridized carbons (Fsp3) is 0.154. The van der Waals surface area contributed by atoms with E-state index in [1.165, 1.54) is 17.0 Å². The van der Waals surface area contributed by atoms with Gasteiger partial charge >= 0.3 is 0 Å². The van der Waals surface area contributed by atoms with Crippen LogP contribution in [0.3, 0.4) is 0 Å². The minimum absolute atomic E-state index is 0.0642. The summed E-state index contributed by atoms with van der Waals surface area (Å²) in [5, 5.41) is 20.1. The maximum Gasteiger partial charge on any atom is 0.270 e. The van der Waals surface area contributed by atoms with Gasteiger partial charge in [0.15, 0.2) is 0 Å². The molecule has 1 fully saturated rings. The van der Waals surface area contributed by atoms with Gasteiger partial charge in [0, 0.05) is 29.5 Å². The van der Waals surface area contributed by atoms with Crippen LogP contribution in [0.2, 0.25) is 0 Å². The minimum Gasteiger partial charge on any atom is -0.274 e. The van der Waals surface area contributed by atoms with Gasteiger partial charge in [0.2, 0.25) is 16.9 Å². The Morgan fingerprint density at radius 2 is 1.31 bits per heavy atom. The monoisotopic (exact) mass is 480 g/mol. The molecule has 2 atom stereocenters. The topological polar surface area (TPSA) is 106 Å². The molecule has 4 aromatic rings. The highest BCUT2D eigenvalue weighted by atomic mass is 32.1. The van der Waals surface area contributed by atoms with Crippen LogP contribution in [-0.4, -0.2) is 26.9 Å². The van der Waals surface area contributed by atoms with Crippen LogP contribution in [0.15, 0.2) is 72.8 Å². The highest BCUT2D eigenvalue weighted by molar-refractivity contribution is 7.18. The van der Waals surface area contributed by atoms with Gasteiger partial charge in [-0.1, -0.05) is 72.0 Å². The first-order valence-electron chi connectivity index (χ1n) is 11.2. The van der Waals surface area contributed by atoms with E-state index >= 15 is 0 Å². The summed E-state index contributed by atoms with van der Waals surface area (Å²) in [5.41, 5.74) is 4.88. The Balaban J connectivity index is 1.32. The number of benzene rings is 3. The van der Waals surface area contributed by atoms with Crippen LogP contribution in [0.5, 0.6) is 0 Å². The van der Waals surface area contributed by atoms with Crippen molar-refractivity contribution in [3.05, 3.63) is 105 Å². The predicted molar refractivity (Wildman–Crippen MR) is 128 cm³/mol. The van der Waals surface area contributed by atoms with Crippen LogP contribution in [0, 0.1) is 22.0 Å². The molecule has 2 bridgehead atoms. The second kappa shape index (κ2) is 7.13. The van der Waals surface area contributed by atoms with Crippen LogP contribution < -0.4 is 4.90 Å².